The number of hydrogen-bond acceptors (Lipinski definition) is 2. The van der Waals surface area contributed by atoms with Gasteiger partial charge in [0.2, 0.25) is 0 Å². The van der Waals surface area contributed by atoms with E-state index in [-0.39, 0.29) is 0 Å². The summed E-state index contributed by atoms with van der Waals surface area (Å²) < 4.78 is 30.9. The van der Waals surface area contributed by atoms with Crippen LogP contribution in [0.4, 0.5) is 20.2 Å². The third-order valence-corrected chi connectivity index (χ3v) is 2.23. The van der Waals surface area contributed by atoms with Crippen molar-refractivity contribution in [2.45, 2.75) is 0 Å². The molecule has 1 radical (unpaired) electrons. The van der Waals surface area contributed by atoms with Crippen molar-refractivity contribution in [3.63, 3.8) is 0 Å². The number of halogens is 2. The van der Waals surface area contributed by atoms with E-state index >= 15 is 0 Å². The van der Waals surface area contributed by atoms with Gasteiger partial charge in [-0.1, -0.05) is 12.1 Å². The van der Waals surface area contributed by atoms with Crippen molar-refractivity contribution in [1.29, 1.82) is 0 Å². The van der Waals surface area contributed by atoms with Gasteiger partial charge in [0.05, 0.1) is 12.8 Å². The van der Waals surface area contributed by atoms with E-state index in [1.54, 1.807) is 18.2 Å². The second-order valence-electron chi connectivity index (χ2n) is 3.37. The maximum Gasteiger partial charge on any atom is 0.160 e. The molecular weight excluding hydrogens is 224 g/mol. The first kappa shape index (κ1) is 11.4. The standard InChI is InChI=1S/C13H10F2NO/c1-17-13-5-3-2-4-12(13)16-9-6-7-10(14)11(15)8-9/h2-3,5-8,16H,1H3. The van der Waals surface area contributed by atoms with Crippen LogP contribution in [0, 0.1) is 17.7 Å². The third-order valence-electron chi connectivity index (χ3n) is 2.23. The molecule has 87 valence electrons. The second-order valence-corrected chi connectivity index (χ2v) is 3.37. The fraction of sp³-hybridized carbons (Fsp3) is 0.0769. The minimum Gasteiger partial charge on any atom is -0.495 e. The summed E-state index contributed by atoms with van der Waals surface area (Å²) in [6, 6.07) is 11.7. The van der Waals surface area contributed by atoms with Gasteiger partial charge < -0.3 is 10.1 Å². The van der Waals surface area contributed by atoms with Crippen molar-refractivity contribution in [2.75, 3.05) is 12.4 Å². The summed E-state index contributed by atoms with van der Waals surface area (Å²) in [4.78, 5) is 0. The number of nitrogens with one attached hydrogen (secondary N) is 1. The summed E-state index contributed by atoms with van der Waals surface area (Å²) in [6.45, 7) is 0. The molecule has 0 unspecified atom stereocenters. The molecule has 0 aromatic heterocycles. The average molecular weight is 234 g/mol. The zero-order chi connectivity index (χ0) is 12.3. The van der Waals surface area contributed by atoms with Gasteiger partial charge >= 0.3 is 0 Å². The number of ether oxygens (including phenoxy) is 1. The van der Waals surface area contributed by atoms with E-state index in [0.717, 1.165) is 12.1 Å². The molecule has 0 heterocycles. The highest BCUT2D eigenvalue weighted by Crippen LogP contribution is 2.26. The van der Waals surface area contributed by atoms with E-state index in [1.807, 2.05) is 0 Å². The van der Waals surface area contributed by atoms with Crippen molar-refractivity contribution < 1.29 is 13.5 Å². The summed E-state index contributed by atoms with van der Waals surface area (Å²) >= 11 is 0. The number of methoxy groups -OCH3 is 1. The molecule has 0 amide bonds. The number of anilines is 2. The molecule has 0 aliphatic carbocycles. The van der Waals surface area contributed by atoms with Crippen LogP contribution in [0.15, 0.2) is 36.4 Å². The van der Waals surface area contributed by atoms with E-state index in [0.29, 0.717) is 17.1 Å². The lowest BCUT2D eigenvalue weighted by molar-refractivity contribution is 0.416. The Kier molecular flexibility index (Phi) is 3.23. The Hall–Kier alpha value is -2.10. The lowest BCUT2D eigenvalue weighted by Gasteiger charge is -2.10. The van der Waals surface area contributed by atoms with Gasteiger partial charge in [-0.3, -0.25) is 0 Å². The molecule has 1 N–H and O–H groups in total. The van der Waals surface area contributed by atoms with Crippen LogP contribution >= 0.6 is 0 Å². The van der Waals surface area contributed by atoms with E-state index in [1.165, 1.54) is 13.2 Å². The molecule has 0 fully saturated rings. The van der Waals surface area contributed by atoms with E-state index in [9.17, 15) is 8.78 Å². The first-order chi connectivity index (χ1) is 8.20. The minimum absolute atomic E-state index is 0.435. The van der Waals surface area contributed by atoms with Gasteiger partial charge in [0.15, 0.2) is 11.6 Å². The maximum atomic E-state index is 13.0. The lowest BCUT2D eigenvalue weighted by atomic mass is 10.2. The molecule has 0 bridgehead atoms. The van der Waals surface area contributed by atoms with Crippen LogP contribution in [0.2, 0.25) is 0 Å². The smallest absolute Gasteiger partial charge is 0.160 e. The van der Waals surface area contributed by atoms with Crippen LogP contribution in [0.1, 0.15) is 0 Å². The van der Waals surface area contributed by atoms with Gasteiger partial charge in [-0.25, -0.2) is 8.78 Å². The molecule has 0 aliphatic heterocycles. The third kappa shape index (κ3) is 2.53. The summed E-state index contributed by atoms with van der Waals surface area (Å²) in [5.74, 6) is -1.19. The molecule has 4 heteroatoms. The van der Waals surface area contributed by atoms with Gasteiger partial charge in [-0.15, -0.1) is 0 Å². The fourth-order valence-corrected chi connectivity index (χ4v) is 1.41. The predicted octanol–water partition coefficient (Wildman–Crippen LogP) is 3.52. The lowest BCUT2D eigenvalue weighted by Crippen LogP contribution is -1.95. The Labute approximate surface area is 97.8 Å². The Morgan fingerprint density at radius 3 is 2.71 bits per heavy atom. The Balaban J connectivity index is 2.28. The molecule has 2 nitrogen and oxygen atoms in total. The maximum absolute atomic E-state index is 13.0. The van der Waals surface area contributed by atoms with Crippen molar-refractivity contribution in [3.8, 4) is 5.75 Å². The van der Waals surface area contributed by atoms with Crippen LogP contribution in [0.5, 0.6) is 5.75 Å². The predicted molar refractivity (Wildman–Crippen MR) is 61.5 cm³/mol. The highest BCUT2D eigenvalue weighted by Gasteiger charge is 2.05. The topological polar surface area (TPSA) is 21.3 Å². The van der Waals surface area contributed by atoms with Gasteiger partial charge in [0, 0.05) is 17.8 Å². The minimum atomic E-state index is -0.898. The molecule has 0 spiro atoms. The second kappa shape index (κ2) is 4.82. The van der Waals surface area contributed by atoms with Gasteiger partial charge in [0.25, 0.3) is 0 Å². The number of benzene rings is 2. The summed E-state index contributed by atoms with van der Waals surface area (Å²) in [5, 5.41) is 2.90. The Morgan fingerprint density at radius 1 is 1.18 bits per heavy atom. The molecule has 2 aromatic carbocycles. The normalized spacial score (nSPS) is 10.1. The van der Waals surface area contributed by atoms with Gasteiger partial charge in [0.1, 0.15) is 5.75 Å². The van der Waals surface area contributed by atoms with E-state index in [4.69, 9.17) is 4.74 Å². The monoisotopic (exact) mass is 234 g/mol. The van der Waals surface area contributed by atoms with Crippen molar-refractivity contribution >= 4 is 11.4 Å². The largest absolute Gasteiger partial charge is 0.495 e. The van der Waals surface area contributed by atoms with Crippen LogP contribution in [0.3, 0.4) is 0 Å². The highest BCUT2D eigenvalue weighted by molar-refractivity contribution is 5.65. The summed E-state index contributed by atoms with van der Waals surface area (Å²) in [7, 11) is 1.53. The number of para-hydroxylation sites is 1. The molecule has 0 aliphatic rings. The molecule has 0 saturated heterocycles. The quantitative estimate of drug-likeness (QED) is 0.877. The van der Waals surface area contributed by atoms with Crippen molar-refractivity contribution in [3.05, 3.63) is 54.1 Å². The number of rotatable bonds is 3. The van der Waals surface area contributed by atoms with Gasteiger partial charge in [-0.2, -0.15) is 0 Å². The van der Waals surface area contributed by atoms with Gasteiger partial charge in [-0.05, 0) is 18.2 Å². The molecule has 0 saturated carbocycles. The van der Waals surface area contributed by atoms with Crippen LogP contribution in [0.25, 0.3) is 0 Å². The average Bonchev–Trinajstić information content (AvgIpc) is 2.34. The zero-order valence-electron chi connectivity index (χ0n) is 9.13. The van der Waals surface area contributed by atoms with Crippen LogP contribution < -0.4 is 10.1 Å². The molecular formula is C13H10F2NO. The fourth-order valence-electron chi connectivity index (χ4n) is 1.41. The first-order valence-electron chi connectivity index (χ1n) is 4.97. The number of hydrogen-bond donors (Lipinski definition) is 1. The molecule has 0 atom stereocenters. The van der Waals surface area contributed by atoms with Crippen LogP contribution in [-0.2, 0) is 0 Å². The summed E-state index contributed by atoms with van der Waals surface area (Å²) in [5.41, 5.74) is 1.01. The Bertz CT molecular complexity index is 529. The molecule has 17 heavy (non-hydrogen) atoms. The van der Waals surface area contributed by atoms with Crippen molar-refractivity contribution in [1.82, 2.24) is 0 Å². The molecule has 2 rings (SSSR count). The highest BCUT2D eigenvalue weighted by atomic mass is 19.2. The summed E-state index contributed by atoms with van der Waals surface area (Å²) in [6.07, 6.45) is 0. The van der Waals surface area contributed by atoms with Crippen LogP contribution in [-0.4, -0.2) is 7.11 Å². The zero-order valence-corrected chi connectivity index (χ0v) is 9.13. The Morgan fingerprint density at radius 2 is 2.00 bits per heavy atom. The van der Waals surface area contributed by atoms with Crippen molar-refractivity contribution in [2.24, 2.45) is 0 Å². The first-order valence-corrected chi connectivity index (χ1v) is 4.97. The van der Waals surface area contributed by atoms with E-state index in [2.05, 4.69) is 11.4 Å². The van der Waals surface area contributed by atoms with E-state index < -0.39 is 11.6 Å². The molecule has 2 aromatic rings. The SMILES string of the molecule is COc1ccc[c]c1Nc1ccc(F)c(F)c1.